The van der Waals surface area contributed by atoms with Crippen molar-refractivity contribution in [3.8, 4) is 5.75 Å². The first-order chi connectivity index (χ1) is 7.59. The number of hydrogen-bond donors (Lipinski definition) is 1. The lowest BCUT2D eigenvalue weighted by Crippen LogP contribution is -2.28. The molecule has 0 atom stereocenters. The second kappa shape index (κ2) is 4.69. The number of hydrogen-bond acceptors (Lipinski definition) is 2. The molecule has 0 fully saturated rings. The predicted molar refractivity (Wildman–Crippen MR) is 71.7 cm³/mol. The minimum atomic E-state index is -0.796. The molecule has 0 unspecified atom stereocenters. The molecule has 0 heterocycles. The van der Waals surface area contributed by atoms with E-state index in [-0.39, 0.29) is 5.41 Å². The minimum Gasteiger partial charge on any atom is -0.490 e. The zero-order valence-corrected chi connectivity index (χ0v) is 11.8. The first-order valence-electron chi connectivity index (χ1n) is 6.06. The fourth-order valence-corrected chi connectivity index (χ4v) is 1.53. The van der Waals surface area contributed by atoms with Gasteiger partial charge >= 0.3 is 0 Å². The van der Waals surface area contributed by atoms with Crippen molar-refractivity contribution in [3.63, 3.8) is 0 Å². The summed E-state index contributed by atoms with van der Waals surface area (Å²) >= 11 is 0. The van der Waals surface area contributed by atoms with Crippen LogP contribution in [-0.2, 0) is 5.41 Å². The molecule has 1 aromatic carbocycles. The summed E-state index contributed by atoms with van der Waals surface area (Å²) in [5.41, 5.74) is 1.77. The third kappa shape index (κ3) is 4.39. The van der Waals surface area contributed by atoms with Crippen LogP contribution in [0.1, 0.15) is 45.7 Å². The Hall–Kier alpha value is -1.02. The minimum absolute atomic E-state index is 0.152. The van der Waals surface area contributed by atoms with Crippen LogP contribution in [0.15, 0.2) is 18.2 Å². The monoisotopic (exact) mass is 236 g/mol. The third-order valence-corrected chi connectivity index (χ3v) is 2.62. The Morgan fingerprint density at radius 1 is 1.12 bits per heavy atom. The van der Waals surface area contributed by atoms with Crippen LogP contribution >= 0.6 is 0 Å². The second-order valence-electron chi connectivity index (χ2n) is 6.33. The topological polar surface area (TPSA) is 29.5 Å². The van der Waals surface area contributed by atoms with Gasteiger partial charge in [0, 0.05) is 0 Å². The number of aryl methyl sites for hydroxylation is 1. The van der Waals surface area contributed by atoms with Crippen LogP contribution in [0, 0.1) is 6.92 Å². The van der Waals surface area contributed by atoms with Crippen LogP contribution < -0.4 is 4.74 Å². The van der Waals surface area contributed by atoms with Crippen molar-refractivity contribution in [1.82, 2.24) is 0 Å². The molecule has 2 heteroatoms. The van der Waals surface area contributed by atoms with Gasteiger partial charge in [0.05, 0.1) is 5.60 Å². The van der Waals surface area contributed by atoms with Gasteiger partial charge in [0.2, 0.25) is 0 Å². The number of benzene rings is 1. The van der Waals surface area contributed by atoms with Crippen molar-refractivity contribution in [3.05, 3.63) is 29.3 Å². The second-order valence-corrected chi connectivity index (χ2v) is 6.33. The van der Waals surface area contributed by atoms with Crippen molar-refractivity contribution in [1.29, 1.82) is 0 Å². The summed E-state index contributed by atoms with van der Waals surface area (Å²) in [5.74, 6) is 0.847. The summed E-state index contributed by atoms with van der Waals surface area (Å²) in [6.07, 6.45) is 0. The summed E-state index contributed by atoms with van der Waals surface area (Å²) in [4.78, 5) is 0. The van der Waals surface area contributed by atoms with E-state index in [9.17, 15) is 5.11 Å². The average molecular weight is 236 g/mol. The van der Waals surface area contributed by atoms with Crippen LogP contribution in [-0.4, -0.2) is 17.3 Å². The molecular formula is C15H24O2. The van der Waals surface area contributed by atoms with Gasteiger partial charge in [-0.25, -0.2) is 0 Å². The van der Waals surface area contributed by atoms with E-state index in [2.05, 4.69) is 32.9 Å². The quantitative estimate of drug-likeness (QED) is 0.871. The molecule has 0 saturated heterocycles. The SMILES string of the molecule is Cc1cc(C(C)(C)C)ccc1OCC(C)(C)O. The van der Waals surface area contributed by atoms with Gasteiger partial charge in [-0.15, -0.1) is 0 Å². The van der Waals surface area contributed by atoms with Gasteiger partial charge in [0.25, 0.3) is 0 Å². The Bertz CT molecular complexity index is 381. The maximum Gasteiger partial charge on any atom is 0.122 e. The largest absolute Gasteiger partial charge is 0.490 e. The first kappa shape index (κ1) is 14.0. The summed E-state index contributed by atoms with van der Waals surface area (Å²) in [5, 5.41) is 9.63. The zero-order chi connectivity index (χ0) is 13.3. The summed E-state index contributed by atoms with van der Waals surface area (Å²) in [7, 11) is 0. The fourth-order valence-electron chi connectivity index (χ4n) is 1.53. The third-order valence-electron chi connectivity index (χ3n) is 2.62. The van der Waals surface area contributed by atoms with Crippen LogP contribution in [0.4, 0.5) is 0 Å². The fraction of sp³-hybridized carbons (Fsp3) is 0.600. The highest BCUT2D eigenvalue weighted by Crippen LogP contribution is 2.27. The van der Waals surface area contributed by atoms with Gasteiger partial charge in [-0.05, 0) is 43.4 Å². The molecule has 0 aliphatic rings. The molecule has 1 N–H and O–H groups in total. The Morgan fingerprint density at radius 2 is 1.71 bits per heavy atom. The van der Waals surface area contributed by atoms with E-state index in [1.807, 2.05) is 13.0 Å². The van der Waals surface area contributed by atoms with E-state index in [1.165, 1.54) is 5.56 Å². The van der Waals surface area contributed by atoms with Crippen molar-refractivity contribution in [2.24, 2.45) is 0 Å². The molecule has 0 amide bonds. The van der Waals surface area contributed by atoms with Gasteiger partial charge < -0.3 is 9.84 Å². The molecule has 0 radical (unpaired) electrons. The van der Waals surface area contributed by atoms with Crippen molar-refractivity contribution in [2.45, 2.75) is 52.6 Å². The average Bonchev–Trinajstić information content (AvgIpc) is 2.12. The lowest BCUT2D eigenvalue weighted by atomic mass is 9.86. The van der Waals surface area contributed by atoms with Crippen LogP contribution in [0.2, 0.25) is 0 Å². The molecule has 96 valence electrons. The van der Waals surface area contributed by atoms with Crippen molar-refractivity contribution in [2.75, 3.05) is 6.61 Å². The van der Waals surface area contributed by atoms with E-state index < -0.39 is 5.60 Å². The van der Waals surface area contributed by atoms with Crippen molar-refractivity contribution >= 4 is 0 Å². The van der Waals surface area contributed by atoms with Gasteiger partial charge in [0.1, 0.15) is 12.4 Å². The smallest absolute Gasteiger partial charge is 0.122 e. The maximum atomic E-state index is 9.63. The number of ether oxygens (including phenoxy) is 1. The maximum absolute atomic E-state index is 9.63. The lowest BCUT2D eigenvalue weighted by Gasteiger charge is -2.22. The molecule has 0 spiro atoms. The summed E-state index contributed by atoms with van der Waals surface area (Å²) < 4.78 is 5.62. The molecule has 17 heavy (non-hydrogen) atoms. The van der Waals surface area contributed by atoms with E-state index in [1.54, 1.807) is 13.8 Å². The first-order valence-corrected chi connectivity index (χ1v) is 6.06. The molecule has 0 aromatic heterocycles. The normalized spacial score (nSPS) is 12.6. The lowest BCUT2D eigenvalue weighted by molar-refractivity contribution is 0.0282. The summed E-state index contributed by atoms with van der Waals surface area (Å²) in [6.45, 7) is 12.4. The standard InChI is InChI=1S/C15H24O2/c1-11-9-12(14(2,3)4)7-8-13(11)17-10-15(5,6)16/h7-9,16H,10H2,1-6H3. The molecule has 1 rings (SSSR count). The van der Waals surface area contributed by atoms with Gasteiger partial charge in [-0.1, -0.05) is 32.9 Å². The van der Waals surface area contributed by atoms with Crippen LogP contribution in [0.3, 0.4) is 0 Å². The van der Waals surface area contributed by atoms with Crippen molar-refractivity contribution < 1.29 is 9.84 Å². The molecule has 0 aliphatic heterocycles. The van der Waals surface area contributed by atoms with E-state index in [4.69, 9.17) is 4.74 Å². The summed E-state index contributed by atoms with van der Waals surface area (Å²) in [6, 6.07) is 6.23. The Morgan fingerprint density at radius 3 is 2.12 bits per heavy atom. The number of aliphatic hydroxyl groups is 1. The van der Waals surface area contributed by atoms with E-state index >= 15 is 0 Å². The van der Waals surface area contributed by atoms with Crippen LogP contribution in [0.25, 0.3) is 0 Å². The zero-order valence-electron chi connectivity index (χ0n) is 11.8. The van der Waals surface area contributed by atoms with Gasteiger partial charge in [0.15, 0.2) is 0 Å². The molecule has 2 nitrogen and oxygen atoms in total. The molecule has 0 saturated carbocycles. The Kier molecular flexibility index (Phi) is 3.88. The Labute approximate surface area is 105 Å². The molecule has 1 aromatic rings. The molecule has 0 aliphatic carbocycles. The predicted octanol–water partition coefficient (Wildman–Crippen LogP) is 3.44. The van der Waals surface area contributed by atoms with Gasteiger partial charge in [-0.2, -0.15) is 0 Å². The highest BCUT2D eigenvalue weighted by molar-refractivity contribution is 5.38. The highest BCUT2D eigenvalue weighted by Gasteiger charge is 2.17. The highest BCUT2D eigenvalue weighted by atomic mass is 16.5. The van der Waals surface area contributed by atoms with E-state index in [0.29, 0.717) is 6.61 Å². The Balaban J connectivity index is 2.84. The van der Waals surface area contributed by atoms with E-state index in [0.717, 1.165) is 11.3 Å². The van der Waals surface area contributed by atoms with Crippen LogP contribution in [0.5, 0.6) is 5.75 Å². The number of rotatable bonds is 3. The molecular weight excluding hydrogens is 212 g/mol. The molecule has 0 bridgehead atoms. The van der Waals surface area contributed by atoms with Gasteiger partial charge in [-0.3, -0.25) is 0 Å².